The van der Waals surface area contributed by atoms with E-state index in [9.17, 15) is 9.59 Å². The van der Waals surface area contributed by atoms with Crippen LogP contribution in [0.4, 0.5) is 16.3 Å². The highest BCUT2D eigenvalue weighted by Gasteiger charge is 2.16. The Hall–Kier alpha value is -3.87. The van der Waals surface area contributed by atoms with E-state index in [1.807, 2.05) is 48.5 Å². The van der Waals surface area contributed by atoms with Crippen molar-refractivity contribution in [3.05, 3.63) is 77.1 Å². The van der Waals surface area contributed by atoms with Crippen LogP contribution in [0.15, 0.2) is 71.5 Å². The Bertz CT molecular complexity index is 1130. The highest BCUT2D eigenvalue weighted by molar-refractivity contribution is 6.01. The first kappa shape index (κ1) is 15.6. The van der Waals surface area contributed by atoms with Gasteiger partial charge in [-0.1, -0.05) is 42.5 Å². The van der Waals surface area contributed by atoms with Gasteiger partial charge in [0.1, 0.15) is 11.4 Å². The van der Waals surface area contributed by atoms with E-state index >= 15 is 0 Å². The zero-order chi connectivity index (χ0) is 17.9. The summed E-state index contributed by atoms with van der Waals surface area (Å²) in [6, 6.07) is 19.8. The molecule has 0 saturated heterocycles. The normalized spacial score (nSPS) is 10.6. The second kappa shape index (κ2) is 6.56. The Kier molecular flexibility index (Phi) is 3.95. The van der Waals surface area contributed by atoms with Crippen LogP contribution in [-0.2, 0) is 0 Å². The molecular formula is C19H15N5O2. The van der Waals surface area contributed by atoms with Crippen molar-refractivity contribution in [3.8, 4) is 11.3 Å². The van der Waals surface area contributed by atoms with Gasteiger partial charge in [0.05, 0.1) is 11.2 Å². The molecule has 4 rings (SSSR count). The lowest BCUT2D eigenvalue weighted by atomic mass is 10.1. The van der Waals surface area contributed by atoms with Crippen LogP contribution in [0, 0.1) is 0 Å². The standard InChI is InChI=1S/C19H15N5O2/c25-18-16(15-11-10-12-6-4-5-9-14(12)21-15)17(23-24-18)22-19(26)20-13-7-2-1-3-8-13/h1-11H,(H4,20,22,23,24,25,26). The van der Waals surface area contributed by atoms with Crippen molar-refractivity contribution in [2.75, 3.05) is 10.6 Å². The molecule has 7 nitrogen and oxygen atoms in total. The molecule has 0 bridgehead atoms. The van der Waals surface area contributed by atoms with Gasteiger partial charge in [-0.15, -0.1) is 0 Å². The fourth-order valence-corrected chi connectivity index (χ4v) is 2.70. The molecule has 0 fully saturated rings. The minimum absolute atomic E-state index is 0.256. The number of fused-ring (bicyclic) bond motifs is 1. The van der Waals surface area contributed by atoms with Crippen LogP contribution in [0.25, 0.3) is 22.2 Å². The summed E-state index contributed by atoms with van der Waals surface area (Å²) in [5, 5.41) is 11.5. The van der Waals surface area contributed by atoms with Crippen LogP contribution in [0.2, 0.25) is 0 Å². The van der Waals surface area contributed by atoms with Crippen LogP contribution in [0.5, 0.6) is 0 Å². The zero-order valence-corrected chi connectivity index (χ0v) is 13.6. The third kappa shape index (κ3) is 3.05. The highest BCUT2D eigenvalue weighted by atomic mass is 16.2. The molecular weight excluding hydrogens is 330 g/mol. The number of hydrogen-bond acceptors (Lipinski definition) is 3. The summed E-state index contributed by atoms with van der Waals surface area (Å²) in [4.78, 5) is 28.9. The predicted molar refractivity (Wildman–Crippen MR) is 101 cm³/mol. The quantitative estimate of drug-likeness (QED) is 0.456. The lowest BCUT2D eigenvalue weighted by molar-refractivity contribution is 0.262. The first-order valence-corrected chi connectivity index (χ1v) is 8.00. The molecule has 2 aromatic carbocycles. The number of para-hydroxylation sites is 2. The molecule has 0 aliphatic rings. The highest BCUT2D eigenvalue weighted by Crippen LogP contribution is 2.23. The van der Waals surface area contributed by atoms with Gasteiger partial charge < -0.3 is 5.32 Å². The van der Waals surface area contributed by atoms with Crippen LogP contribution in [-0.4, -0.2) is 21.2 Å². The maximum Gasteiger partial charge on any atom is 0.324 e. The van der Waals surface area contributed by atoms with Gasteiger partial charge in [0.25, 0.3) is 5.56 Å². The van der Waals surface area contributed by atoms with E-state index in [1.54, 1.807) is 18.2 Å². The first-order chi connectivity index (χ1) is 12.7. The maximum absolute atomic E-state index is 12.2. The minimum atomic E-state index is -0.464. The number of urea groups is 1. The molecule has 0 saturated carbocycles. The van der Waals surface area contributed by atoms with Crippen LogP contribution in [0.1, 0.15) is 0 Å². The van der Waals surface area contributed by atoms with E-state index in [0.29, 0.717) is 11.4 Å². The number of aromatic nitrogens is 3. The molecule has 26 heavy (non-hydrogen) atoms. The number of carbonyl (C=O) groups excluding carboxylic acids is 1. The molecule has 0 radical (unpaired) electrons. The summed E-state index contributed by atoms with van der Waals surface area (Å²) in [5.41, 5.74) is 1.81. The van der Waals surface area contributed by atoms with Gasteiger partial charge in [-0.25, -0.2) is 9.78 Å². The number of benzene rings is 2. The first-order valence-electron chi connectivity index (χ1n) is 8.00. The SMILES string of the molecule is O=C(Nc1ccccc1)Nc1[nH][nH]c(=O)c1-c1ccc2ccccc2n1. The fraction of sp³-hybridized carbons (Fsp3) is 0. The molecule has 0 aliphatic carbocycles. The van der Waals surface area contributed by atoms with Gasteiger partial charge >= 0.3 is 6.03 Å². The molecule has 4 N–H and O–H groups in total. The number of amides is 2. The number of nitrogens with one attached hydrogen (secondary N) is 4. The lowest BCUT2D eigenvalue weighted by Gasteiger charge is -2.08. The van der Waals surface area contributed by atoms with Crippen molar-refractivity contribution in [1.82, 2.24) is 15.2 Å². The van der Waals surface area contributed by atoms with Gasteiger partial charge in [0.2, 0.25) is 0 Å². The molecule has 2 amide bonds. The largest absolute Gasteiger partial charge is 0.324 e. The van der Waals surface area contributed by atoms with Gasteiger partial charge in [-0.3, -0.25) is 20.3 Å². The molecule has 0 aliphatic heterocycles. The summed E-state index contributed by atoms with van der Waals surface area (Å²) in [6.45, 7) is 0. The molecule has 7 heteroatoms. The summed E-state index contributed by atoms with van der Waals surface area (Å²) in [5.74, 6) is 0.256. The van der Waals surface area contributed by atoms with Crippen LogP contribution >= 0.6 is 0 Å². The van der Waals surface area contributed by atoms with Gasteiger partial charge in [-0.2, -0.15) is 0 Å². The van der Waals surface area contributed by atoms with Crippen molar-refractivity contribution in [2.45, 2.75) is 0 Å². The number of pyridine rings is 1. The molecule has 0 unspecified atom stereocenters. The number of aromatic amines is 2. The molecule has 2 heterocycles. The smallest absolute Gasteiger partial charge is 0.308 e. The Labute approximate surface area is 148 Å². The van der Waals surface area contributed by atoms with E-state index in [4.69, 9.17) is 0 Å². The number of nitrogens with zero attached hydrogens (tertiary/aromatic N) is 1. The van der Waals surface area contributed by atoms with E-state index in [0.717, 1.165) is 10.9 Å². The Morgan fingerprint density at radius 1 is 0.846 bits per heavy atom. The second-order valence-electron chi connectivity index (χ2n) is 5.66. The fourth-order valence-electron chi connectivity index (χ4n) is 2.70. The zero-order valence-electron chi connectivity index (χ0n) is 13.6. The molecule has 4 aromatic rings. The number of carbonyl (C=O) groups is 1. The van der Waals surface area contributed by atoms with E-state index in [2.05, 4.69) is 25.8 Å². The predicted octanol–water partition coefficient (Wildman–Crippen LogP) is 3.56. The van der Waals surface area contributed by atoms with Gasteiger partial charge in [0.15, 0.2) is 0 Å². The number of H-pyrrole nitrogens is 2. The summed E-state index contributed by atoms with van der Waals surface area (Å²) < 4.78 is 0. The third-order valence-corrected chi connectivity index (χ3v) is 3.90. The van der Waals surface area contributed by atoms with Crippen LogP contribution in [0.3, 0.4) is 0 Å². The number of hydrogen-bond donors (Lipinski definition) is 4. The summed E-state index contributed by atoms with van der Waals surface area (Å²) in [7, 11) is 0. The van der Waals surface area contributed by atoms with Crippen molar-refractivity contribution in [1.29, 1.82) is 0 Å². The molecule has 0 atom stereocenters. The summed E-state index contributed by atoms with van der Waals surface area (Å²) >= 11 is 0. The topological polar surface area (TPSA) is 103 Å². The molecule has 0 spiro atoms. The summed E-state index contributed by atoms with van der Waals surface area (Å²) in [6.07, 6.45) is 0. The number of anilines is 2. The van der Waals surface area contributed by atoms with E-state index < -0.39 is 6.03 Å². The number of rotatable bonds is 3. The van der Waals surface area contributed by atoms with Crippen molar-refractivity contribution >= 4 is 28.4 Å². The van der Waals surface area contributed by atoms with E-state index in [1.165, 1.54) is 0 Å². The Morgan fingerprint density at radius 2 is 1.62 bits per heavy atom. The maximum atomic E-state index is 12.2. The third-order valence-electron chi connectivity index (χ3n) is 3.90. The van der Waals surface area contributed by atoms with Gasteiger partial charge in [0, 0.05) is 11.1 Å². The van der Waals surface area contributed by atoms with Crippen molar-refractivity contribution < 1.29 is 4.79 Å². The second-order valence-corrected chi connectivity index (χ2v) is 5.66. The molecule has 2 aromatic heterocycles. The lowest BCUT2D eigenvalue weighted by Crippen LogP contribution is -2.20. The molecule has 128 valence electrons. The van der Waals surface area contributed by atoms with Crippen molar-refractivity contribution in [2.24, 2.45) is 0 Å². The van der Waals surface area contributed by atoms with Gasteiger partial charge in [-0.05, 0) is 24.3 Å². The van der Waals surface area contributed by atoms with E-state index in [-0.39, 0.29) is 16.9 Å². The minimum Gasteiger partial charge on any atom is -0.308 e. The average molecular weight is 345 g/mol. The Balaban J connectivity index is 1.64. The Morgan fingerprint density at radius 3 is 2.46 bits per heavy atom. The average Bonchev–Trinajstić information content (AvgIpc) is 3.02. The van der Waals surface area contributed by atoms with Crippen LogP contribution < -0.4 is 16.2 Å². The van der Waals surface area contributed by atoms with Crippen molar-refractivity contribution in [3.63, 3.8) is 0 Å². The monoisotopic (exact) mass is 345 g/mol.